The number of piperidine rings is 2. The number of aliphatic hydroxyl groups is 1. The molecule has 0 spiro atoms. The maximum atomic E-state index is 12.5. The second-order valence-electron chi connectivity index (χ2n) is 7.51. The van der Waals surface area contributed by atoms with Crippen molar-refractivity contribution in [1.29, 1.82) is 0 Å². The van der Waals surface area contributed by atoms with E-state index in [4.69, 9.17) is 0 Å². The molecule has 1 aromatic rings. The van der Waals surface area contributed by atoms with Gasteiger partial charge >= 0.3 is 0 Å². The molecule has 26 heavy (non-hydrogen) atoms. The first-order valence-electron chi connectivity index (χ1n) is 9.15. The molecule has 2 atom stereocenters. The maximum Gasteiger partial charge on any atom is 0.281 e. The Kier molecular flexibility index (Phi) is 5.26. The second-order valence-corrected chi connectivity index (χ2v) is 9.66. The van der Waals surface area contributed by atoms with E-state index in [1.54, 1.807) is 14.1 Å². The predicted molar refractivity (Wildman–Crippen MR) is 100 cm³/mol. The highest BCUT2D eigenvalue weighted by atomic mass is 32.2. The summed E-state index contributed by atoms with van der Waals surface area (Å²) in [6.45, 7) is 5.95. The van der Waals surface area contributed by atoms with Crippen molar-refractivity contribution in [3.05, 3.63) is 17.6 Å². The summed E-state index contributed by atoms with van der Waals surface area (Å²) in [5.74, 6) is 1.49. The number of hydrogen-bond acceptors (Lipinski definition) is 6. The molecule has 0 aliphatic carbocycles. The SMILES string of the molecule is CCc1cnc(C)nc1N1CC[C@@]2(O)CCN(S(=O)(=O)N(C)C)C[C@H]2C1. The molecule has 0 aromatic carbocycles. The summed E-state index contributed by atoms with van der Waals surface area (Å²) in [6.07, 6.45) is 3.80. The normalized spacial score (nSPS) is 27.6. The second kappa shape index (κ2) is 7.03. The molecule has 146 valence electrons. The Hall–Kier alpha value is -1.29. The number of aromatic nitrogens is 2. The van der Waals surface area contributed by atoms with Crippen LogP contribution in [0.1, 0.15) is 31.2 Å². The quantitative estimate of drug-likeness (QED) is 0.810. The number of fused-ring (bicyclic) bond motifs is 1. The van der Waals surface area contributed by atoms with Crippen molar-refractivity contribution in [3.8, 4) is 0 Å². The lowest BCUT2D eigenvalue weighted by molar-refractivity contribution is -0.0695. The van der Waals surface area contributed by atoms with Gasteiger partial charge in [0.15, 0.2) is 0 Å². The van der Waals surface area contributed by atoms with Gasteiger partial charge in [-0.05, 0) is 26.2 Å². The van der Waals surface area contributed by atoms with Crippen molar-refractivity contribution in [1.82, 2.24) is 18.6 Å². The van der Waals surface area contributed by atoms with E-state index in [0.717, 1.165) is 30.2 Å². The maximum absolute atomic E-state index is 12.5. The van der Waals surface area contributed by atoms with E-state index in [-0.39, 0.29) is 5.92 Å². The van der Waals surface area contributed by atoms with Crippen molar-refractivity contribution in [3.63, 3.8) is 0 Å². The molecule has 2 fully saturated rings. The standard InChI is InChI=1S/C17H29N5O3S/c1-5-14-10-18-13(2)19-16(14)21-8-6-17(23)7-9-22(12-15(17)11-21)26(24,25)20(3)4/h10,15,23H,5-9,11-12H2,1-4H3/t15-,17-/m1/s1. The monoisotopic (exact) mass is 383 g/mol. The van der Waals surface area contributed by atoms with E-state index in [0.29, 0.717) is 32.5 Å². The highest BCUT2D eigenvalue weighted by Gasteiger charge is 2.48. The molecule has 8 nitrogen and oxygen atoms in total. The summed E-state index contributed by atoms with van der Waals surface area (Å²) < 4.78 is 27.7. The molecule has 9 heteroatoms. The molecular formula is C17H29N5O3S. The molecule has 0 bridgehead atoms. The van der Waals surface area contributed by atoms with Gasteiger partial charge in [-0.1, -0.05) is 6.92 Å². The largest absolute Gasteiger partial charge is 0.389 e. The lowest BCUT2D eigenvalue weighted by atomic mass is 9.76. The molecular weight excluding hydrogens is 354 g/mol. The average molecular weight is 384 g/mol. The number of nitrogens with zero attached hydrogens (tertiary/aromatic N) is 5. The molecule has 0 unspecified atom stereocenters. The summed E-state index contributed by atoms with van der Waals surface area (Å²) in [5.41, 5.74) is 0.276. The molecule has 0 radical (unpaired) electrons. The Morgan fingerprint density at radius 2 is 2.00 bits per heavy atom. The van der Waals surface area contributed by atoms with Gasteiger partial charge in [0, 0.05) is 58.0 Å². The Balaban J connectivity index is 1.84. The molecule has 3 heterocycles. The molecule has 0 saturated carbocycles. The Labute approximate surface area is 156 Å². The van der Waals surface area contributed by atoms with Crippen molar-refractivity contribution in [2.75, 3.05) is 45.2 Å². The minimum atomic E-state index is -3.47. The van der Waals surface area contributed by atoms with Gasteiger partial charge < -0.3 is 10.0 Å². The molecule has 2 aliphatic rings. The van der Waals surface area contributed by atoms with Crippen LogP contribution < -0.4 is 4.90 Å². The lowest BCUT2D eigenvalue weighted by Crippen LogP contribution is -2.61. The molecule has 3 rings (SSSR count). The van der Waals surface area contributed by atoms with Crippen LogP contribution in [0.15, 0.2) is 6.20 Å². The zero-order valence-corrected chi connectivity index (χ0v) is 16.8. The van der Waals surface area contributed by atoms with E-state index in [1.165, 1.54) is 8.61 Å². The van der Waals surface area contributed by atoms with Crippen LogP contribution in [0, 0.1) is 12.8 Å². The molecule has 1 aromatic heterocycles. The Morgan fingerprint density at radius 1 is 1.31 bits per heavy atom. The van der Waals surface area contributed by atoms with Gasteiger partial charge in [-0.2, -0.15) is 17.0 Å². The predicted octanol–water partition coefficient (Wildman–Crippen LogP) is 0.417. The first-order valence-corrected chi connectivity index (χ1v) is 10.5. The highest BCUT2D eigenvalue weighted by Crippen LogP contribution is 2.38. The average Bonchev–Trinajstić information content (AvgIpc) is 2.60. The Morgan fingerprint density at radius 3 is 2.65 bits per heavy atom. The third-order valence-corrected chi connectivity index (χ3v) is 7.57. The number of rotatable bonds is 4. The van der Waals surface area contributed by atoms with Gasteiger partial charge in [0.2, 0.25) is 0 Å². The van der Waals surface area contributed by atoms with Crippen LogP contribution in [0.5, 0.6) is 0 Å². The van der Waals surface area contributed by atoms with Crippen LogP contribution in [-0.2, 0) is 16.6 Å². The minimum absolute atomic E-state index is 0.139. The molecule has 1 N–H and O–H groups in total. The Bertz CT molecular complexity index is 770. The zero-order chi connectivity index (χ0) is 19.1. The third-order valence-electron chi connectivity index (χ3n) is 5.66. The molecule has 0 amide bonds. The summed E-state index contributed by atoms with van der Waals surface area (Å²) in [4.78, 5) is 11.1. The van der Waals surface area contributed by atoms with Gasteiger partial charge in [0.05, 0.1) is 5.60 Å². The van der Waals surface area contributed by atoms with E-state index < -0.39 is 15.8 Å². The van der Waals surface area contributed by atoms with Gasteiger partial charge in [0.1, 0.15) is 11.6 Å². The van der Waals surface area contributed by atoms with Crippen molar-refractivity contribution < 1.29 is 13.5 Å². The molecule has 2 saturated heterocycles. The minimum Gasteiger partial charge on any atom is -0.389 e. The molecule has 2 aliphatic heterocycles. The number of aryl methyl sites for hydroxylation is 2. The first-order chi connectivity index (χ1) is 12.2. The fourth-order valence-corrected chi connectivity index (χ4v) is 5.06. The van der Waals surface area contributed by atoms with Gasteiger partial charge in [-0.3, -0.25) is 0 Å². The zero-order valence-electron chi connectivity index (χ0n) is 16.0. The summed E-state index contributed by atoms with van der Waals surface area (Å²) >= 11 is 0. The van der Waals surface area contributed by atoms with Crippen molar-refractivity contribution >= 4 is 16.0 Å². The van der Waals surface area contributed by atoms with Crippen LogP contribution in [0.4, 0.5) is 5.82 Å². The first kappa shape index (κ1) is 19.5. The van der Waals surface area contributed by atoms with E-state index in [9.17, 15) is 13.5 Å². The van der Waals surface area contributed by atoms with Crippen LogP contribution in [-0.4, -0.2) is 78.0 Å². The fourth-order valence-electron chi connectivity index (χ4n) is 3.91. The van der Waals surface area contributed by atoms with Crippen LogP contribution >= 0.6 is 0 Å². The number of hydrogen-bond donors (Lipinski definition) is 1. The van der Waals surface area contributed by atoms with Crippen LogP contribution in [0.3, 0.4) is 0 Å². The fraction of sp³-hybridized carbons (Fsp3) is 0.765. The summed E-state index contributed by atoms with van der Waals surface area (Å²) in [5, 5.41) is 11.1. The van der Waals surface area contributed by atoms with Crippen molar-refractivity contribution in [2.24, 2.45) is 5.92 Å². The lowest BCUT2D eigenvalue weighted by Gasteiger charge is -2.50. The van der Waals surface area contributed by atoms with E-state index >= 15 is 0 Å². The van der Waals surface area contributed by atoms with Crippen LogP contribution in [0.2, 0.25) is 0 Å². The topological polar surface area (TPSA) is 89.9 Å². The number of anilines is 1. The smallest absolute Gasteiger partial charge is 0.281 e. The summed E-state index contributed by atoms with van der Waals surface area (Å²) in [6, 6.07) is 0. The van der Waals surface area contributed by atoms with E-state index in [1.807, 2.05) is 13.1 Å². The van der Waals surface area contributed by atoms with Gasteiger partial charge in [-0.25, -0.2) is 9.97 Å². The van der Waals surface area contributed by atoms with Crippen LogP contribution in [0.25, 0.3) is 0 Å². The highest BCUT2D eigenvalue weighted by molar-refractivity contribution is 7.86. The van der Waals surface area contributed by atoms with Crippen molar-refractivity contribution in [2.45, 2.75) is 38.7 Å². The van der Waals surface area contributed by atoms with E-state index in [2.05, 4.69) is 21.8 Å². The van der Waals surface area contributed by atoms with Gasteiger partial charge in [0.25, 0.3) is 10.2 Å². The summed E-state index contributed by atoms with van der Waals surface area (Å²) in [7, 11) is -0.383. The third kappa shape index (κ3) is 3.45. The van der Waals surface area contributed by atoms with Gasteiger partial charge in [-0.15, -0.1) is 0 Å².